The predicted octanol–water partition coefficient (Wildman–Crippen LogP) is 4.98. The molecule has 0 aromatic heterocycles. The molecule has 3 heteroatoms. The van der Waals surface area contributed by atoms with Crippen LogP contribution in [0.25, 0.3) is 0 Å². The van der Waals surface area contributed by atoms with E-state index in [-0.39, 0.29) is 5.91 Å². The lowest BCUT2D eigenvalue weighted by Crippen LogP contribution is -2.32. The van der Waals surface area contributed by atoms with Crippen LogP contribution in [0.2, 0.25) is 0 Å². The van der Waals surface area contributed by atoms with Gasteiger partial charge in [0.2, 0.25) is 0 Å². The molecule has 0 aliphatic heterocycles. The van der Waals surface area contributed by atoms with Crippen LogP contribution in [-0.2, 0) is 17.6 Å². The van der Waals surface area contributed by atoms with Crippen LogP contribution in [0, 0.1) is 13.8 Å². The van der Waals surface area contributed by atoms with E-state index in [9.17, 15) is 4.79 Å². The molecule has 25 heavy (non-hydrogen) atoms. The Bertz CT molecular complexity index is 746. The summed E-state index contributed by atoms with van der Waals surface area (Å²) in [6.45, 7) is 6.04. The summed E-state index contributed by atoms with van der Waals surface area (Å²) in [4.78, 5) is 12.6. The van der Waals surface area contributed by atoms with Crippen molar-refractivity contribution in [1.29, 1.82) is 0 Å². The van der Waals surface area contributed by atoms with Crippen LogP contribution in [-0.4, -0.2) is 12.0 Å². The molecule has 1 N–H and O–H groups in total. The van der Waals surface area contributed by atoms with Crippen molar-refractivity contribution >= 4 is 11.6 Å². The van der Waals surface area contributed by atoms with E-state index in [0.29, 0.717) is 6.42 Å². The molecule has 3 rings (SSSR count). The van der Waals surface area contributed by atoms with Crippen molar-refractivity contribution < 1.29 is 9.53 Å². The summed E-state index contributed by atoms with van der Waals surface area (Å²) in [7, 11) is 0. The van der Waals surface area contributed by atoms with Crippen molar-refractivity contribution in [2.24, 2.45) is 0 Å². The van der Waals surface area contributed by atoms with Gasteiger partial charge in [-0.2, -0.15) is 0 Å². The summed E-state index contributed by atoms with van der Waals surface area (Å²) in [5.74, 6) is 0.702. The number of rotatable bonds is 5. The summed E-state index contributed by atoms with van der Waals surface area (Å²) < 4.78 is 6.01. The Kier molecular flexibility index (Phi) is 5.42. The minimum Gasteiger partial charge on any atom is -0.481 e. The number of carbonyl (C=O) groups is 1. The molecule has 1 amide bonds. The van der Waals surface area contributed by atoms with Gasteiger partial charge in [0.1, 0.15) is 5.75 Å². The minimum absolute atomic E-state index is 0.0924. The van der Waals surface area contributed by atoms with E-state index in [4.69, 9.17) is 4.74 Å². The highest BCUT2D eigenvalue weighted by atomic mass is 16.5. The number of benzene rings is 2. The molecule has 2 aromatic carbocycles. The van der Waals surface area contributed by atoms with E-state index in [1.165, 1.54) is 24.0 Å². The van der Waals surface area contributed by atoms with Crippen LogP contribution >= 0.6 is 0 Å². The monoisotopic (exact) mass is 337 g/mol. The first-order valence-electron chi connectivity index (χ1n) is 9.23. The molecule has 0 saturated carbocycles. The van der Waals surface area contributed by atoms with Crippen molar-refractivity contribution in [3.63, 3.8) is 0 Å². The summed E-state index contributed by atoms with van der Waals surface area (Å²) in [5.41, 5.74) is 5.90. The summed E-state index contributed by atoms with van der Waals surface area (Å²) >= 11 is 0. The molecular weight excluding hydrogens is 310 g/mol. The van der Waals surface area contributed by atoms with E-state index in [1.807, 2.05) is 39.0 Å². The number of hydrogen-bond acceptors (Lipinski definition) is 2. The fourth-order valence-corrected chi connectivity index (χ4v) is 3.54. The van der Waals surface area contributed by atoms with Crippen molar-refractivity contribution in [3.8, 4) is 5.75 Å². The molecule has 0 spiro atoms. The van der Waals surface area contributed by atoms with E-state index in [1.54, 1.807) is 0 Å². The number of aryl methyl sites for hydroxylation is 4. The van der Waals surface area contributed by atoms with Gasteiger partial charge in [0.05, 0.1) is 0 Å². The fraction of sp³-hybridized carbons (Fsp3) is 0.409. The summed E-state index contributed by atoms with van der Waals surface area (Å²) in [6.07, 6.45) is 4.91. The zero-order valence-corrected chi connectivity index (χ0v) is 15.4. The minimum atomic E-state index is -0.484. The number of nitrogens with one attached hydrogen (secondary N) is 1. The van der Waals surface area contributed by atoms with Gasteiger partial charge in [-0.3, -0.25) is 4.79 Å². The van der Waals surface area contributed by atoms with Gasteiger partial charge >= 0.3 is 0 Å². The van der Waals surface area contributed by atoms with Gasteiger partial charge in [-0.05, 0) is 92.5 Å². The Morgan fingerprint density at radius 3 is 2.40 bits per heavy atom. The summed E-state index contributed by atoms with van der Waals surface area (Å²) in [6, 6.07) is 12.3. The Balaban J connectivity index is 1.70. The van der Waals surface area contributed by atoms with Gasteiger partial charge in [0.25, 0.3) is 5.91 Å². The lowest BCUT2D eigenvalue weighted by atomic mass is 9.92. The van der Waals surface area contributed by atoms with Crippen molar-refractivity contribution in [2.45, 2.75) is 59.0 Å². The van der Waals surface area contributed by atoms with Crippen LogP contribution in [0.1, 0.15) is 48.4 Å². The first kappa shape index (κ1) is 17.5. The second kappa shape index (κ2) is 7.73. The van der Waals surface area contributed by atoms with E-state index < -0.39 is 6.10 Å². The Hall–Kier alpha value is -2.29. The Labute approximate surface area is 150 Å². The number of carbonyl (C=O) groups excluding carboxylic acids is 1. The molecule has 1 unspecified atom stereocenters. The maximum Gasteiger partial charge on any atom is 0.265 e. The van der Waals surface area contributed by atoms with Crippen molar-refractivity contribution in [2.75, 3.05) is 5.32 Å². The largest absolute Gasteiger partial charge is 0.481 e. The zero-order chi connectivity index (χ0) is 17.8. The number of amides is 1. The smallest absolute Gasteiger partial charge is 0.265 e. The molecular formula is C22H27NO2. The fourth-order valence-electron chi connectivity index (χ4n) is 3.54. The van der Waals surface area contributed by atoms with E-state index in [0.717, 1.165) is 35.4 Å². The van der Waals surface area contributed by atoms with Crippen LogP contribution in [0.3, 0.4) is 0 Å². The van der Waals surface area contributed by atoms with Crippen LogP contribution in [0.4, 0.5) is 5.69 Å². The van der Waals surface area contributed by atoms with E-state index in [2.05, 4.69) is 23.5 Å². The molecule has 1 atom stereocenters. The molecule has 1 aliphatic carbocycles. The molecule has 0 bridgehead atoms. The molecule has 1 aliphatic rings. The quantitative estimate of drug-likeness (QED) is 0.836. The average molecular weight is 337 g/mol. The predicted molar refractivity (Wildman–Crippen MR) is 102 cm³/mol. The highest BCUT2D eigenvalue weighted by Crippen LogP contribution is 2.26. The highest BCUT2D eigenvalue weighted by molar-refractivity contribution is 5.94. The summed E-state index contributed by atoms with van der Waals surface area (Å²) in [5, 5.41) is 2.99. The van der Waals surface area contributed by atoms with Crippen LogP contribution in [0.5, 0.6) is 5.75 Å². The Morgan fingerprint density at radius 1 is 1.04 bits per heavy atom. The first-order chi connectivity index (χ1) is 12.0. The third-order valence-electron chi connectivity index (χ3n) is 4.75. The first-order valence-corrected chi connectivity index (χ1v) is 9.23. The van der Waals surface area contributed by atoms with Gasteiger partial charge in [-0.1, -0.05) is 19.1 Å². The van der Waals surface area contributed by atoms with Gasteiger partial charge < -0.3 is 10.1 Å². The molecule has 0 fully saturated rings. The maximum absolute atomic E-state index is 12.6. The molecule has 0 heterocycles. The van der Waals surface area contributed by atoms with E-state index >= 15 is 0 Å². The SMILES string of the molecule is CCC(Oc1ccc2c(c1)CCCC2)C(=O)Nc1cc(C)cc(C)c1. The number of anilines is 1. The van der Waals surface area contributed by atoms with Crippen LogP contribution in [0.15, 0.2) is 36.4 Å². The molecule has 0 saturated heterocycles. The lowest BCUT2D eigenvalue weighted by molar-refractivity contribution is -0.122. The third kappa shape index (κ3) is 4.41. The zero-order valence-electron chi connectivity index (χ0n) is 15.4. The molecule has 132 valence electrons. The van der Waals surface area contributed by atoms with Crippen molar-refractivity contribution in [3.05, 3.63) is 58.7 Å². The van der Waals surface area contributed by atoms with Gasteiger partial charge in [-0.25, -0.2) is 0 Å². The maximum atomic E-state index is 12.6. The standard InChI is InChI=1S/C22H27NO2/c1-4-21(22(24)23-19-12-15(2)11-16(3)13-19)25-20-10-9-17-7-5-6-8-18(17)14-20/h9-14,21H,4-8H2,1-3H3,(H,23,24). The molecule has 2 aromatic rings. The molecule has 3 nitrogen and oxygen atoms in total. The van der Waals surface area contributed by atoms with Gasteiger partial charge in [0.15, 0.2) is 6.10 Å². The molecule has 0 radical (unpaired) electrons. The lowest BCUT2D eigenvalue weighted by Gasteiger charge is -2.20. The van der Waals surface area contributed by atoms with Crippen LogP contribution < -0.4 is 10.1 Å². The average Bonchev–Trinajstić information content (AvgIpc) is 2.58. The van der Waals surface area contributed by atoms with Gasteiger partial charge in [0, 0.05) is 5.69 Å². The number of fused-ring (bicyclic) bond motifs is 1. The topological polar surface area (TPSA) is 38.3 Å². The second-order valence-electron chi connectivity index (χ2n) is 7.02. The highest BCUT2D eigenvalue weighted by Gasteiger charge is 2.19. The van der Waals surface area contributed by atoms with Gasteiger partial charge in [-0.15, -0.1) is 0 Å². The number of hydrogen-bond donors (Lipinski definition) is 1. The van der Waals surface area contributed by atoms with Crippen molar-refractivity contribution in [1.82, 2.24) is 0 Å². The normalized spacial score (nSPS) is 14.5. The second-order valence-corrected chi connectivity index (χ2v) is 7.02. The third-order valence-corrected chi connectivity index (χ3v) is 4.75. The Morgan fingerprint density at radius 2 is 1.72 bits per heavy atom. The number of ether oxygens (including phenoxy) is 1.